The molecular formula is C32H25N12Ni. The van der Waals surface area contributed by atoms with Crippen molar-refractivity contribution in [1.29, 1.82) is 0 Å². The van der Waals surface area contributed by atoms with E-state index >= 15 is 0 Å². The minimum atomic E-state index is -4.08. The molecule has 0 amide bonds. The number of nitrogens with one attached hydrogen (secondary N) is 2. The number of hydrogen-bond acceptors (Lipinski definition) is 10. The molecule has 223 valence electrons. The Morgan fingerprint density at radius 3 is 1.24 bits per heavy atom. The molecule has 9 rings (SSSR count). The van der Waals surface area contributed by atoms with Crippen LogP contribution < -0.4 is 23.8 Å². The van der Waals surface area contributed by atoms with Crippen molar-refractivity contribution in [2.45, 2.75) is 0 Å². The number of hydrogen-bond donors (Lipinski definition) is 6. The first-order chi connectivity index (χ1) is 21.7. The van der Waals surface area contributed by atoms with Crippen LogP contribution in [0.25, 0.3) is 89.7 Å². The Bertz CT molecular complexity index is 2560. The van der Waals surface area contributed by atoms with Crippen molar-refractivity contribution in [2.24, 2.45) is 19.3 Å². The average molecular weight is 636 g/mol. The summed E-state index contributed by atoms with van der Waals surface area (Å²) in [4.78, 5) is 62.2. The molecule has 0 unspecified atom stereocenters. The van der Waals surface area contributed by atoms with E-state index in [1.807, 2.05) is 78.9 Å². The Morgan fingerprint density at radius 2 is 0.778 bits per heavy atom. The summed E-state index contributed by atoms with van der Waals surface area (Å²) in [5.41, 5.74) is 5.48. The van der Waals surface area contributed by atoms with Gasteiger partial charge in [0, 0.05) is 0 Å². The topological polar surface area (TPSA) is 213 Å². The normalized spacial score (nSPS) is 13.4. The molecule has 0 saturated heterocycles. The van der Waals surface area contributed by atoms with Gasteiger partial charge in [-0.05, 0) is 0 Å². The number of aromatic amines is 2. The van der Waals surface area contributed by atoms with Gasteiger partial charge in [-0.15, -0.1) is 0 Å². The first-order valence-electron chi connectivity index (χ1n) is 13.8. The van der Waals surface area contributed by atoms with E-state index in [0.717, 1.165) is 33.0 Å². The van der Waals surface area contributed by atoms with E-state index in [1.54, 1.807) is 12.1 Å². The molecule has 2 aliphatic heterocycles. The van der Waals surface area contributed by atoms with E-state index in [4.69, 9.17) is 49.2 Å². The van der Waals surface area contributed by atoms with Gasteiger partial charge < -0.3 is 0 Å². The Kier molecular flexibility index (Phi) is 5.10. The molecule has 8 bridgehead atoms. The van der Waals surface area contributed by atoms with Crippen LogP contribution >= 0.6 is 0 Å². The van der Waals surface area contributed by atoms with Gasteiger partial charge in [0.05, 0.1) is 0 Å². The van der Waals surface area contributed by atoms with Crippen LogP contribution in [0, 0.1) is 0 Å². The molecule has 45 heavy (non-hydrogen) atoms. The van der Waals surface area contributed by atoms with Crippen LogP contribution in [0.2, 0.25) is 0 Å². The van der Waals surface area contributed by atoms with Gasteiger partial charge in [-0.3, -0.25) is 0 Å². The third kappa shape index (κ3) is 4.00. The molecule has 12 nitrogen and oxygen atoms in total. The number of H-pyrrole nitrogens is 2. The minimum absolute atomic E-state index is 0.384. The van der Waals surface area contributed by atoms with Crippen LogP contribution in [0.1, 0.15) is 0 Å². The van der Waals surface area contributed by atoms with E-state index in [-0.39, 0.29) is 0 Å². The molecule has 4 aromatic carbocycles. The molecule has 0 aliphatic carbocycles. The number of nitrogens with zero attached hydrogens (tertiary/aromatic N) is 6. The molecule has 0 radical (unpaired) electrons. The number of rotatable bonds is 1. The summed E-state index contributed by atoms with van der Waals surface area (Å²) in [7, 11) is 0. The first-order valence-corrected chi connectivity index (χ1v) is 16.6. The first kappa shape index (κ1) is 26.0. The fourth-order valence-corrected chi connectivity index (χ4v) is 7.23. The number of nitrogens with two attached hydrogens (primary N) is 4. The zero-order valence-electron chi connectivity index (χ0n) is 23.5. The second kappa shape index (κ2) is 8.82. The van der Waals surface area contributed by atoms with Crippen LogP contribution in [-0.2, 0) is 12.2 Å². The van der Waals surface area contributed by atoms with Crippen molar-refractivity contribution in [3.05, 3.63) is 91.0 Å². The third-order valence-electron chi connectivity index (χ3n) is 7.90. The molecule has 13 heteroatoms. The van der Waals surface area contributed by atoms with Crippen molar-refractivity contribution in [2.75, 3.05) is 0 Å². The van der Waals surface area contributed by atoms with Crippen molar-refractivity contribution < 1.29 is 12.2 Å². The van der Waals surface area contributed by atoms with Crippen molar-refractivity contribution in [1.82, 2.24) is 39.9 Å². The molecule has 0 saturated carbocycles. The van der Waals surface area contributed by atoms with E-state index in [0.29, 0.717) is 61.2 Å². The van der Waals surface area contributed by atoms with Crippen LogP contribution in [0.5, 0.6) is 0 Å². The summed E-state index contributed by atoms with van der Waals surface area (Å²) < 4.78 is 0.384. The zero-order valence-corrected chi connectivity index (χ0v) is 24.5. The third-order valence-corrected chi connectivity index (χ3v) is 9.54. The maximum absolute atomic E-state index is 6.40. The maximum atomic E-state index is 6.40. The Hall–Kier alpha value is -5.43. The molecule has 5 heterocycles. The monoisotopic (exact) mass is 635 g/mol. The van der Waals surface area contributed by atoms with Gasteiger partial charge >= 0.3 is 250 Å². The van der Waals surface area contributed by atoms with E-state index < -0.39 is 12.2 Å². The fraction of sp³-hybridized carbons (Fsp3) is 0. The molecule has 0 fully saturated rings. The number of aromatic nitrogens is 8. The SMILES string of the molecule is [NH2][Ni]([NH2])([NH2])([NH2])[c]1cccc2c3nc4nc(nc5[nH]c(nc6nc(nc([nH]3)c12)-c1ccccc1-6)c1ccccc51)-c1ccccc1-4. The van der Waals surface area contributed by atoms with E-state index in [2.05, 4.69) is 9.97 Å². The molecule has 7 aromatic rings. The summed E-state index contributed by atoms with van der Waals surface area (Å²) in [6.45, 7) is 0. The quantitative estimate of drug-likeness (QED) is 0.144. The van der Waals surface area contributed by atoms with Crippen LogP contribution in [-0.4, -0.2) is 39.9 Å². The van der Waals surface area contributed by atoms with E-state index in [9.17, 15) is 0 Å². The Morgan fingerprint density at radius 1 is 0.400 bits per heavy atom. The van der Waals surface area contributed by atoms with E-state index in [1.165, 1.54) is 0 Å². The van der Waals surface area contributed by atoms with Crippen LogP contribution in [0.15, 0.2) is 91.0 Å². The molecule has 3 aromatic heterocycles. The summed E-state index contributed by atoms with van der Waals surface area (Å²) in [6, 6.07) is 29.0. The summed E-state index contributed by atoms with van der Waals surface area (Å²) in [5.74, 6) is 1.95. The van der Waals surface area contributed by atoms with Gasteiger partial charge in [-0.25, -0.2) is 0 Å². The number of benzene rings is 4. The second-order valence-electron chi connectivity index (χ2n) is 10.9. The summed E-state index contributed by atoms with van der Waals surface area (Å²) in [6.07, 6.45) is 0. The van der Waals surface area contributed by atoms with Crippen molar-refractivity contribution in [3.8, 4) is 45.6 Å². The predicted molar refractivity (Wildman–Crippen MR) is 172 cm³/mol. The van der Waals surface area contributed by atoms with Gasteiger partial charge in [-0.1, -0.05) is 6.07 Å². The molecule has 0 atom stereocenters. The van der Waals surface area contributed by atoms with Gasteiger partial charge in [0.2, 0.25) is 0 Å². The summed E-state index contributed by atoms with van der Waals surface area (Å²) in [5, 5.41) is 3.05. The van der Waals surface area contributed by atoms with Crippen LogP contribution in [0.3, 0.4) is 0 Å². The van der Waals surface area contributed by atoms with Gasteiger partial charge in [0.25, 0.3) is 0 Å². The molecule has 10 N–H and O–H groups in total. The second-order valence-corrected chi connectivity index (χ2v) is 14.5. The number of fused-ring (bicyclic) bond motifs is 20. The molecule has 0 spiro atoms. The fourth-order valence-electron chi connectivity index (χ4n) is 5.93. The van der Waals surface area contributed by atoms with Gasteiger partial charge in [-0.2, -0.15) is 0 Å². The predicted octanol–water partition coefficient (Wildman–Crippen LogP) is 3.68. The standard InChI is InChI=1S/C32H17N8.4H2N.Ni/c1-2-10-18-17(9-1)25-33-26(18)38-28-21-13-5-6-14-22(21)30(35-28)40-32-24-16-8-7-15-23(24)31(36-32)39-29-20-12-4-3-11-19(20)27(34-29)37-25;;;;;/h1-15H,(H2,33,34,35,36,37,38,39,40);4*1H2;/q;4*-1;+4. The molecule has 2 aliphatic rings. The van der Waals surface area contributed by atoms with Gasteiger partial charge in [0.15, 0.2) is 0 Å². The summed E-state index contributed by atoms with van der Waals surface area (Å²) >= 11 is -4.08. The zero-order chi connectivity index (χ0) is 30.5. The Labute approximate surface area is 256 Å². The van der Waals surface area contributed by atoms with Crippen molar-refractivity contribution >= 4 is 48.7 Å². The average Bonchev–Trinajstić information content (AvgIpc) is 3.76. The van der Waals surface area contributed by atoms with Crippen LogP contribution in [0.4, 0.5) is 0 Å². The molecular weight excluding hydrogens is 611 g/mol. The van der Waals surface area contributed by atoms with Crippen molar-refractivity contribution in [3.63, 3.8) is 0 Å². The van der Waals surface area contributed by atoms with Gasteiger partial charge in [0.1, 0.15) is 0 Å². The Balaban J connectivity index is 1.52.